The highest BCUT2D eigenvalue weighted by Crippen LogP contribution is 2.21. The molecule has 1 atom stereocenters. The van der Waals surface area contributed by atoms with Gasteiger partial charge in [0.2, 0.25) is 11.1 Å². The van der Waals surface area contributed by atoms with Crippen LogP contribution in [0.4, 0.5) is 0 Å². The van der Waals surface area contributed by atoms with Crippen molar-refractivity contribution in [2.75, 3.05) is 11.6 Å². The van der Waals surface area contributed by atoms with Gasteiger partial charge in [-0.3, -0.25) is 4.79 Å². The minimum absolute atomic E-state index is 0.00747. The molecule has 0 aliphatic carbocycles. The number of carbonyl (C=O) groups is 1. The van der Waals surface area contributed by atoms with E-state index in [0.717, 1.165) is 18.4 Å². The third-order valence-corrected chi connectivity index (χ3v) is 5.08. The number of hydrogen-bond donors (Lipinski definition) is 2. The molecule has 0 bridgehead atoms. The van der Waals surface area contributed by atoms with Gasteiger partial charge in [-0.15, -0.1) is 10.2 Å². The molecule has 1 amide bonds. The van der Waals surface area contributed by atoms with Crippen LogP contribution >= 0.6 is 11.8 Å². The number of nitrogen functional groups attached to an aromatic ring is 1. The number of nitrogens with two attached hydrogens (primary N) is 1. The van der Waals surface area contributed by atoms with Gasteiger partial charge in [0.25, 0.3) is 0 Å². The standard InChI is InChI=1S/C19H29N5OS/c1-13(2)6-5-7-15(4)21-17(25)12-26-19-23-22-18(24(19)20)16-10-8-14(3)9-11-16/h8-11,13,15H,5-7,12,20H2,1-4H3,(H,21,25)/t15-/m0/s1. The number of carbonyl (C=O) groups excluding carboxylic acids is 1. The summed E-state index contributed by atoms with van der Waals surface area (Å²) in [6, 6.07) is 8.11. The van der Waals surface area contributed by atoms with E-state index in [0.29, 0.717) is 16.9 Å². The first-order chi connectivity index (χ1) is 12.4. The molecule has 1 aromatic heterocycles. The van der Waals surface area contributed by atoms with Crippen molar-refractivity contribution in [1.82, 2.24) is 20.2 Å². The second-order valence-electron chi connectivity index (χ2n) is 7.12. The predicted molar refractivity (Wildman–Crippen MR) is 107 cm³/mol. The lowest BCUT2D eigenvalue weighted by Crippen LogP contribution is -2.34. The molecule has 26 heavy (non-hydrogen) atoms. The van der Waals surface area contributed by atoms with Crippen LogP contribution in [0.25, 0.3) is 11.4 Å². The maximum atomic E-state index is 12.1. The first-order valence-electron chi connectivity index (χ1n) is 9.06. The Morgan fingerprint density at radius 3 is 2.54 bits per heavy atom. The Morgan fingerprint density at radius 1 is 1.19 bits per heavy atom. The molecule has 0 spiro atoms. The molecule has 0 aliphatic rings. The molecular weight excluding hydrogens is 346 g/mol. The van der Waals surface area contributed by atoms with E-state index in [1.54, 1.807) is 0 Å². The van der Waals surface area contributed by atoms with Crippen LogP contribution in [0.15, 0.2) is 29.4 Å². The van der Waals surface area contributed by atoms with Crippen molar-refractivity contribution in [2.45, 2.75) is 58.2 Å². The van der Waals surface area contributed by atoms with Crippen molar-refractivity contribution in [3.8, 4) is 11.4 Å². The molecule has 3 N–H and O–H groups in total. The van der Waals surface area contributed by atoms with Crippen LogP contribution in [-0.2, 0) is 4.79 Å². The number of nitrogens with zero attached hydrogens (tertiary/aromatic N) is 3. The van der Waals surface area contributed by atoms with Crippen molar-refractivity contribution in [3.63, 3.8) is 0 Å². The quantitative estimate of drug-likeness (QED) is 0.518. The zero-order valence-electron chi connectivity index (χ0n) is 16.0. The Balaban J connectivity index is 1.84. The molecule has 0 fully saturated rings. The lowest BCUT2D eigenvalue weighted by Gasteiger charge is -2.14. The van der Waals surface area contributed by atoms with Crippen LogP contribution < -0.4 is 11.2 Å². The summed E-state index contributed by atoms with van der Waals surface area (Å²) in [7, 11) is 0. The number of rotatable bonds is 9. The Kier molecular flexibility index (Phi) is 7.50. The van der Waals surface area contributed by atoms with Crippen molar-refractivity contribution in [3.05, 3.63) is 29.8 Å². The molecule has 6 nitrogen and oxygen atoms in total. The van der Waals surface area contributed by atoms with Gasteiger partial charge in [0, 0.05) is 11.6 Å². The summed E-state index contributed by atoms with van der Waals surface area (Å²) in [5.41, 5.74) is 2.08. The van der Waals surface area contributed by atoms with Gasteiger partial charge >= 0.3 is 0 Å². The van der Waals surface area contributed by atoms with Gasteiger partial charge in [-0.25, -0.2) is 4.68 Å². The van der Waals surface area contributed by atoms with Crippen molar-refractivity contribution in [1.29, 1.82) is 0 Å². The molecule has 142 valence electrons. The zero-order chi connectivity index (χ0) is 19.1. The van der Waals surface area contributed by atoms with E-state index in [9.17, 15) is 4.79 Å². The summed E-state index contributed by atoms with van der Waals surface area (Å²) in [6.45, 7) is 8.51. The van der Waals surface area contributed by atoms with E-state index in [2.05, 4.69) is 29.4 Å². The van der Waals surface area contributed by atoms with Crippen LogP contribution in [0.1, 0.15) is 45.6 Å². The monoisotopic (exact) mass is 375 g/mol. The maximum Gasteiger partial charge on any atom is 0.230 e. The van der Waals surface area contributed by atoms with Gasteiger partial charge < -0.3 is 11.2 Å². The molecule has 2 rings (SSSR count). The summed E-state index contributed by atoms with van der Waals surface area (Å²) in [5.74, 6) is 7.66. The van der Waals surface area contributed by atoms with E-state index in [4.69, 9.17) is 5.84 Å². The molecule has 1 aromatic carbocycles. The van der Waals surface area contributed by atoms with E-state index in [-0.39, 0.29) is 17.7 Å². The highest BCUT2D eigenvalue weighted by Gasteiger charge is 2.14. The lowest BCUT2D eigenvalue weighted by molar-refractivity contribution is -0.119. The normalized spacial score (nSPS) is 12.3. The van der Waals surface area contributed by atoms with E-state index in [1.165, 1.54) is 28.4 Å². The summed E-state index contributed by atoms with van der Waals surface area (Å²) in [4.78, 5) is 12.1. The number of thioether (sulfide) groups is 1. The summed E-state index contributed by atoms with van der Waals surface area (Å²) in [5, 5.41) is 11.8. The number of aromatic nitrogens is 3. The van der Waals surface area contributed by atoms with E-state index in [1.807, 2.05) is 38.1 Å². The van der Waals surface area contributed by atoms with Gasteiger partial charge in [-0.05, 0) is 26.2 Å². The molecule has 7 heteroatoms. The van der Waals surface area contributed by atoms with Crippen LogP contribution in [0.5, 0.6) is 0 Å². The molecular formula is C19H29N5OS. The molecule has 2 aromatic rings. The van der Waals surface area contributed by atoms with Crippen molar-refractivity contribution >= 4 is 17.7 Å². The fraction of sp³-hybridized carbons (Fsp3) is 0.526. The highest BCUT2D eigenvalue weighted by molar-refractivity contribution is 7.99. The van der Waals surface area contributed by atoms with Gasteiger partial charge in [0.15, 0.2) is 5.82 Å². The lowest BCUT2D eigenvalue weighted by atomic mass is 10.0. The molecule has 0 saturated carbocycles. The molecule has 0 aliphatic heterocycles. The Bertz CT molecular complexity index is 711. The van der Waals surface area contributed by atoms with Crippen molar-refractivity contribution in [2.24, 2.45) is 5.92 Å². The number of nitrogens with one attached hydrogen (secondary N) is 1. The Morgan fingerprint density at radius 2 is 1.88 bits per heavy atom. The van der Waals surface area contributed by atoms with Crippen LogP contribution in [0, 0.1) is 12.8 Å². The van der Waals surface area contributed by atoms with E-state index < -0.39 is 0 Å². The van der Waals surface area contributed by atoms with Gasteiger partial charge in [0.1, 0.15) is 0 Å². The topological polar surface area (TPSA) is 85.8 Å². The first kappa shape index (κ1) is 20.3. The first-order valence-corrected chi connectivity index (χ1v) is 10.0. The summed E-state index contributed by atoms with van der Waals surface area (Å²) in [6.07, 6.45) is 3.32. The fourth-order valence-electron chi connectivity index (χ4n) is 2.63. The molecule has 0 unspecified atom stereocenters. The SMILES string of the molecule is Cc1ccc(-c2nnc(SCC(=O)N[C@@H](C)CCCC(C)C)n2N)cc1. The summed E-state index contributed by atoms with van der Waals surface area (Å²) >= 11 is 1.30. The molecule has 0 radical (unpaired) electrons. The average molecular weight is 376 g/mol. The smallest absolute Gasteiger partial charge is 0.230 e. The van der Waals surface area contributed by atoms with Gasteiger partial charge in [-0.2, -0.15) is 0 Å². The van der Waals surface area contributed by atoms with E-state index >= 15 is 0 Å². The molecule has 0 saturated heterocycles. The second-order valence-corrected chi connectivity index (χ2v) is 8.07. The number of benzene rings is 1. The minimum Gasteiger partial charge on any atom is -0.353 e. The van der Waals surface area contributed by atoms with Crippen LogP contribution in [0.3, 0.4) is 0 Å². The second kappa shape index (κ2) is 9.62. The molecule has 1 heterocycles. The maximum absolute atomic E-state index is 12.1. The largest absolute Gasteiger partial charge is 0.353 e. The number of aryl methyl sites for hydroxylation is 1. The number of hydrogen-bond acceptors (Lipinski definition) is 5. The van der Waals surface area contributed by atoms with Gasteiger partial charge in [-0.1, -0.05) is 68.3 Å². The van der Waals surface area contributed by atoms with Crippen molar-refractivity contribution < 1.29 is 4.79 Å². The Hall–Kier alpha value is -2.02. The highest BCUT2D eigenvalue weighted by atomic mass is 32.2. The zero-order valence-corrected chi connectivity index (χ0v) is 16.8. The fourth-order valence-corrected chi connectivity index (χ4v) is 3.29. The van der Waals surface area contributed by atoms with Gasteiger partial charge in [0.05, 0.1) is 5.75 Å². The predicted octanol–water partition coefficient (Wildman–Crippen LogP) is 3.39. The Labute approximate surface area is 159 Å². The average Bonchev–Trinajstić information content (AvgIpc) is 2.94. The third-order valence-electron chi connectivity index (χ3n) is 4.13. The van der Waals surface area contributed by atoms with Crippen LogP contribution in [0.2, 0.25) is 0 Å². The van der Waals surface area contributed by atoms with Crippen LogP contribution in [-0.4, -0.2) is 32.6 Å². The third kappa shape index (κ3) is 6.05. The summed E-state index contributed by atoms with van der Waals surface area (Å²) < 4.78 is 1.44. The minimum atomic E-state index is -0.00747. The number of amides is 1.